The molecule has 96 valence electrons. The topological polar surface area (TPSA) is 42.2 Å². The summed E-state index contributed by atoms with van der Waals surface area (Å²) < 4.78 is 2.21. The van der Waals surface area contributed by atoms with E-state index in [2.05, 4.69) is 36.7 Å². The number of carboxylic acids is 1. The predicted octanol–water partition coefficient (Wildman–Crippen LogP) is 3.80. The van der Waals surface area contributed by atoms with Gasteiger partial charge in [-0.3, -0.25) is 4.79 Å². The molecule has 1 aromatic heterocycles. The van der Waals surface area contributed by atoms with Gasteiger partial charge in [0.25, 0.3) is 0 Å². The van der Waals surface area contributed by atoms with Crippen LogP contribution in [0, 0.1) is 0 Å². The second-order valence-corrected chi connectivity index (χ2v) is 5.10. The van der Waals surface area contributed by atoms with Gasteiger partial charge in [-0.15, -0.1) is 0 Å². The second kappa shape index (κ2) is 4.84. The molecule has 0 radical (unpaired) electrons. The Bertz CT molecular complexity index is 569. The van der Waals surface area contributed by atoms with Gasteiger partial charge in [-0.2, -0.15) is 0 Å². The Morgan fingerprint density at radius 3 is 2.56 bits per heavy atom. The van der Waals surface area contributed by atoms with Crippen molar-refractivity contribution in [3.63, 3.8) is 0 Å². The minimum atomic E-state index is -0.746. The summed E-state index contributed by atoms with van der Waals surface area (Å²) in [6, 6.07) is 8.56. The Balaban J connectivity index is 2.54. The zero-order valence-electron chi connectivity index (χ0n) is 11.1. The van der Waals surface area contributed by atoms with Gasteiger partial charge in [0, 0.05) is 23.1 Å². The van der Waals surface area contributed by atoms with E-state index >= 15 is 0 Å². The third-order valence-electron chi connectivity index (χ3n) is 3.34. The number of hydrogen-bond acceptors (Lipinski definition) is 1. The molecule has 1 unspecified atom stereocenters. The highest BCUT2D eigenvalue weighted by Gasteiger charge is 2.17. The Morgan fingerprint density at radius 2 is 1.94 bits per heavy atom. The first kappa shape index (κ1) is 12.7. The molecule has 1 heterocycles. The number of rotatable bonds is 4. The fourth-order valence-corrected chi connectivity index (χ4v) is 2.42. The number of carbonyl (C=O) groups is 1. The van der Waals surface area contributed by atoms with E-state index in [1.807, 2.05) is 19.1 Å². The molecule has 0 fully saturated rings. The molecule has 3 heteroatoms. The third-order valence-corrected chi connectivity index (χ3v) is 3.34. The number of nitrogens with zero attached hydrogens (tertiary/aromatic N) is 1. The fraction of sp³-hybridized carbons (Fsp3) is 0.400. The lowest BCUT2D eigenvalue weighted by atomic mass is 9.97. The van der Waals surface area contributed by atoms with E-state index in [9.17, 15) is 4.79 Å². The van der Waals surface area contributed by atoms with E-state index in [-0.39, 0.29) is 12.3 Å². The van der Waals surface area contributed by atoms with Crippen molar-refractivity contribution in [1.82, 2.24) is 4.57 Å². The van der Waals surface area contributed by atoms with Crippen LogP contribution in [0.2, 0.25) is 0 Å². The maximum absolute atomic E-state index is 10.9. The van der Waals surface area contributed by atoms with Crippen LogP contribution in [0.4, 0.5) is 0 Å². The summed E-state index contributed by atoms with van der Waals surface area (Å²) in [4.78, 5) is 10.9. The summed E-state index contributed by atoms with van der Waals surface area (Å²) in [5.74, 6) is -0.712. The molecule has 0 aliphatic rings. The average Bonchev–Trinajstić information content (AvgIpc) is 2.67. The monoisotopic (exact) mass is 245 g/mol. The Morgan fingerprint density at radius 1 is 1.28 bits per heavy atom. The number of fused-ring (bicyclic) bond motifs is 1. The minimum absolute atomic E-state index is 0.0346. The van der Waals surface area contributed by atoms with Crippen molar-refractivity contribution in [1.29, 1.82) is 0 Å². The van der Waals surface area contributed by atoms with Gasteiger partial charge in [-0.1, -0.05) is 25.1 Å². The van der Waals surface area contributed by atoms with Gasteiger partial charge < -0.3 is 9.67 Å². The molecule has 18 heavy (non-hydrogen) atoms. The molecule has 2 aromatic rings. The summed E-state index contributed by atoms with van der Waals surface area (Å²) >= 11 is 0. The second-order valence-electron chi connectivity index (χ2n) is 5.10. The van der Waals surface area contributed by atoms with Gasteiger partial charge in [0.2, 0.25) is 0 Å². The molecule has 1 atom stereocenters. The van der Waals surface area contributed by atoms with Gasteiger partial charge in [0.15, 0.2) is 0 Å². The molecule has 1 aromatic carbocycles. The molecule has 0 amide bonds. The van der Waals surface area contributed by atoms with E-state index in [4.69, 9.17) is 5.11 Å². The standard InChI is InChI=1S/C15H19NO2/c1-10(2)16-9-13(11(3)8-15(17)18)12-6-4-5-7-14(12)16/h4-7,9-11H,8H2,1-3H3,(H,17,18). The predicted molar refractivity (Wildman–Crippen MR) is 73.0 cm³/mol. The lowest BCUT2D eigenvalue weighted by Crippen LogP contribution is -2.02. The SMILES string of the molecule is CC(CC(=O)O)c1cn(C(C)C)c2ccccc12. The number of benzene rings is 1. The molecule has 2 rings (SSSR count). The van der Waals surface area contributed by atoms with Crippen LogP contribution < -0.4 is 0 Å². The normalized spacial score (nSPS) is 13.1. The van der Waals surface area contributed by atoms with Crippen LogP contribution in [0.5, 0.6) is 0 Å². The molecule has 0 spiro atoms. The highest BCUT2D eigenvalue weighted by molar-refractivity contribution is 5.85. The van der Waals surface area contributed by atoms with Crippen molar-refractivity contribution in [2.24, 2.45) is 0 Å². The molecule has 0 bridgehead atoms. The Kier molecular flexibility index (Phi) is 3.41. The number of aliphatic carboxylic acids is 1. The van der Waals surface area contributed by atoms with Crippen molar-refractivity contribution >= 4 is 16.9 Å². The van der Waals surface area contributed by atoms with Gasteiger partial charge in [-0.05, 0) is 31.4 Å². The van der Waals surface area contributed by atoms with Crippen LogP contribution in [-0.2, 0) is 4.79 Å². The molecule has 0 saturated heterocycles. The number of hydrogen-bond donors (Lipinski definition) is 1. The molecule has 1 N–H and O–H groups in total. The first-order valence-corrected chi connectivity index (χ1v) is 6.32. The van der Waals surface area contributed by atoms with Crippen LogP contribution in [0.3, 0.4) is 0 Å². The molecule has 0 aliphatic heterocycles. The van der Waals surface area contributed by atoms with Crippen LogP contribution in [-0.4, -0.2) is 15.6 Å². The number of para-hydroxylation sites is 1. The Hall–Kier alpha value is -1.77. The maximum atomic E-state index is 10.9. The summed E-state index contributed by atoms with van der Waals surface area (Å²) in [5, 5.41) is 10.1. The highest BCUT2D eigenvalue weighted by atomic mass is 16.4. The van der Waals surface area contributed by atoms with Crippen LogP contribution in [0.15, 0.2) is 30.5 Å². The largest absolute Gasteiger partial charge is 0.481 e. The van der Waals surface area contributed by atoms with Gasteiger partial charge in [0.05, 0.1) is 6.42 Å². The van der Waals surface area contributed by atoms with Gasteiger partial charge in [0.1, 0.15) is 0 Å². The molecule has 0 saturated carbocycles. The smallest absolute Gasteiger partial charge is 0.303 e. The number of aromatic nitrogens is 1. The first-order chi connectivity index (χ1) is 8.50. The van der Waals surface area contributed by atoms with Crippen LogP contribution >= 0.6 is 0 Å². The molecular formula is C15H19NO2. The molecule has 3 nitrogen and oxygen atoms in total. The maximum Gasteiger partial charge on any atom is 0.303 e. The zero-order valence-corrected chi connectivity index (χ0v) is 11.1. The summed E-state index contributed by atoms with van der Waals surface area (Å²) in [7, 11) is 0. The van der Waals surface area contributed by atoms with Crippen molar-refractivity contribution in [2.75, 3.05) is 0 Å². The Labute approximate surface area is 107 Å². The van der Waals surface area contributed by atoms with E-state index in [1.165, 1.54) is 10.9 Å². The zero-order chi connectivity index (χ0) is 13.3. The van der Waals surface area contributed by atoms with Crippen molar-refractivity contribution < 1.29 is 9.90 Å². The summed E-state index contributed by atoms with van der Waals surface area (Å²) in [6.07, 6.45) is 2.27. The minimum Gasteiger partial charge on any atom is -0.481 e. The van der Waals surface area contributed by atoms with Gasteiger partial charge >= 0.3 is 5.97 Å². The molecule has 0 aliphatic carbocycles. The van der Waals surface area contributed by atoms with Crippen LogP contribution in [0.1, 0.15) is 44.7 Å². The lowest BCUT2D eigenvalue weighted by Gasteiger charge is -2.09. The molecular weight excluding hydrogens is 226 g/mol. The number of carboxylic acid groups (broad SMARTS) is 1. The average molecular weight is 245 g/mol. The summed E-state index contributed by atoms with van der Waals surface area (Å²) in [6.45, 7) is 6.25. The summed E-state index contributed by atoms with van der Waals surface area (Å²) in [5.41, 5.74) is 2.31. The fourth-order valence-electron chi connectivity index (χ4n) is 2.42. The highest BCUT2D eigenvalue weighted by Crippen LogP contribution is 2.31. The third kappa shape index (κ3) is 2.26. The van der Waals surface area contributed by atoms with Crippen molar-refractivity contribution in [2.45, 2.75) is 39.2 Å². The van der Waals surface area contributed by atoms with Crippen molar-refractivity contribution in [3.05, 3.63) is 36.0 Å². The van der Waals surface area contributed by atoms with Crippen LogP contribution in [0.25, 0.3) is 10.9 Å². The first-order valence-electron chi connectivity index (χ1n) is 6.32. The quantitative estimate of drug-likeness (QED) is 0.890. The van der Waals surface area contributed by atoms with E-state index < -0.39 is 5.97 Å². The van der Waals surface area contributed by atoms with Gasteiger partial charge in [-0.25, -0.2) is 0 Å². The van der Waals surface area contributed by atoms with E-state index in [1.54, 1.807) is 0 Å². The van der Waals surface area contributed by atoms with E-state index in [0.29, 0.717) is 6.04 Å². The van der Waals surface area contributed by atoms with Crippen molar-refractivity contribution in [3.8, 4) is 0 Å². The van der Waals surface area contributed by atoms with E-state index in [0.717, 1.165) is 5.56 Å². The lowest BCUT2D eigenvalue weighted by molar-refractivity contribution is -0.137.